The Kier molecular flexibility index (Phi) is 3.65. The first-order valence-electron chi connectivity index (χ1n) is 7.62. The zero-order chi connectivity index (χ0) is 17.2. The van der Waals surface area contributed by atoms with Crippen molar-refractivity contribution in [3.8, 4) is 11.5 Å². The maximum atomic E-state index is 12.5. The van der Waals surface area contributed by atoms with Crippen LogP contribution < -0.4 is 5.32 Å². The lowest BCUT2D eigenvalue weighted by Crippen LogP contribution is -2.25. The first kappa shape index (κ1) is 14.9. The van der Waals surface area contributed by atoms with Crippen molar-refractivity contribution in [2.45, 2.75) is 13.5 Å². The number of amides is 1. The van der Waals surface area contributed by atoms with Gasteiger partial charge in [-0.15, -0.1) is 0 Å². The van der Waals surface area contributed by atoms with E-state index in [1.807, 2.05) is 31.3 Å². The van der Waals surface area contributed by atoms with E-state index in [-0.39, 0.29) is 12.5 Å². The van der Waals surface area contributed by atoms with Gasteiger partial charge in [-0.05, 0) is 19.1 Å². The lowest BCUT2D eigenvalue weighted by atomic mass is 10.3. The van der Waals surface area contributed by atoms with E-state index in [4.69, 9.17) is 0 Å². The highest BCUT2D eigenvalue weighted by Gasteiger charge is 2.16. The molecule has 0 saturated carbocycles. The van der Waals surface area contributed by atoms with Crippen molar-refractivity contribution < 1.29 is 4.79 Å². The molecule has 0 fully saturated rings. The van der Waals surface area contributed by atoms with E-state index in [2.05, 4.69) is 35.5 Å². The molecule has 0 aliphatic heterocycles. The minimum atomic E-state index is -0.228. The summed E-state index contributed by atoms with van der Waals surface area (Å²) in [6.45, 7) is 2.02. The lowest BCUT2D eigenvalue weighted by molar-refractivity contribution is 0.0943. The average Bonchev–Trinajstić information content (AvgIpc) is 3.24. The second-order valence-corrected chi connectivity index (χ2v) is 5.35. The summed E-state index contributed by atoms with van der Waals surface area (Å²) in [4.78, 5) is 29.3. The number of hydrogen-bond donors (Lipinski definition) is 2. The van der Waals surface area contributed by atoms with Crippen molar-refractivity contribution in [2.75, 3.05) is 0 Å². The van der Waals surface area contributed by atoms with Crippen LogP contribution in [0.1, 0.15) is 22.0 Å². The van der Waals surface area contributed by atoms with Gasteiger partial charge in [0.15, 0.2) is 0 Å². The van der Waals surface area contributed by atoms with Gasteiger partial charge in [-0.3, -0.25) is 19.3 Å². The third-order valence-electron chi connectivity index (χ3n) is 3.66. The van der Waals surface area contributed by atoms with E-state index < -0.39 is 0 Å². The number of carbonyl (C=O) groups is 1. The number of hydrogen-bond acceptors (Lipinski definition) is 6. The SMILES string of the molecule is Cc1nc2ccccn2c1C(=O)NCc1nc(-c2cnccn2)n[nH]1. The molecule has 0 unspecified atom stereocenters. The summed E-state index contributed by atoms with van der Waals surface area (Å²) in [6, 6.07) is 5.59. The molecule has 0 atom stereocenters. The van der Waals surface area contributed by atoms with Gasteiger partial charge in [0, 0.05) is 18.6 Å². The second-order valence-electron chi connectivity index (χ2n) is 5.35. The van der Waals surface area contributed by atoms with Crippen molar-refractivity contribution in [3.05, 3.63) is 60.2 Å². The summed E-state index contributed by atoms with van der Waals surface area (Å²) < 4.78 is 1.76. The highest BCUT2D eigenvalue weighted by atomic mass is 16.1. The van der Waals surface area contributed by atoms with Crippen LogP contribution in [-0.2, 0) is 6.54 Å². The number of imidazole rings is 1. The van der Waals surface area contributed by atoms with Gasteiger partial charge in [-0.1, -0.05) is 6.07 Å². The number of aromatic amines is 1. The number of nitrogens with zero attached hydrogens (tertiary/aromatic N) is 6. The number of aryl methyl sites for hydroxylation is 1. The van der Waals surface area contributed by atoms with Crippen LogP contribution in [0.4, 0.5) is 0 Å². The highest BCUT2D eigenvalue weighted by Crippen LogP contribution is 2.12. The Labute approximate surface area is 142 Å². The van der Waals surface area contributed by atoms with Gasteiger partial charge in [-0.2, -0.15) is 5.10 Å². The molecule has 4 rings (SSSR count). The van der Waals surface area contributed by atoms with E-state index in [0.29, 0.717) is 28.7 Å². The molecule has 124 valence electrons. The number of aromatic nitrogens is 7. The number of pyridine rings is 1. The fourth-order valence-corrected chi connectivity index (χ4v) is 2.54. The van der Waals surface area contributed by atoms with Crippen molar-refractivity contribution in [1.82, 2.24) is 39.9 Å². The Morgan fingerprint density at radius 2 is 2.20 bits per heavy atom. The van der Waals surface area contributed by atoms with Crippen LogP contribution in [0.15, 0.2) is 43.0 Å². The van der Waals surface area contributed by atoms with E-state index >= 15 is 0 Å². The predicted octanol–water partition coefficient (Wildman–Crippen LogP) is 1.15. The maximum absolute atomic E-state index is 12.5. The van der Waals surface area contributed by atoms with Crippen molar-refractivity contribution in [2.24, 2.45) is 0 Å². The third-order valence-corrected chi connectivity index (χ3v) is 3.66. The monoisotopic (exact) mass is 334 g/mol. The Balaban J connectivity index is 1.51. The minimum Gasteiger partial charge on any atom is -0.343 e. The number of nitrogens with one attached hydrogen (secondary N) is 2. The van der Waals surface area contributed by atoms with E-state index in [1.165, 1.54) is 0 Å². The molecule has 0 bridgehead atoms. The number of rotatable bonds is 4. The van der Waals surface area contributed by atoms with Crippen LogP contribution in [0.3, 0.4) is 0 Å². The Morgan fingerprint density at radius 3 is 3.04 bits per heavy atom. The molecule has 25 heavy (non-hydrogen) atoms. The molecule has 0 aromatic carbocycles. The van der Waals surface area contributed by atoms with E-state index in [9.17, 15) is 4.79 Å². The topological polar surface area (TPSA) is 114 Å². The minimum absolute atomic E-state index is 0.214. The molecular weight excluding hydrogens is 320 g/mol. The molecule has 0 spiro atoms. The molecule has 0 radical (unpaired) electrons. The molecule has 4 heterocycles. The van der Waals surface area contributed by atoms with Crippen LogP contribution in [0.5, 0.6) is 0 Å². The highest BCUT2D eigenvalue weighted by molar-refractivity contribution is 5.94. The fraction of sp³-hybridized carbons (Fsp3) is 0.125. The van der Waals surface area contributed by atoms with Crippen molar-refractivity contribution in [1.29, 1.82) is 0 Å². The van der Waals surface area contributed by atoms with E-state index in [0.717, 1.165) is 5.65 Å². The van der Waals surface area contributed by atoms with Gasteiger partial charge >= 0.3 is 0 Å². The quantitative estimate of drug-likeness (QED) is 0.579. The summed E-state index contributed by atoms with van der Waals surface area (Å²) in [5, 5.41) is 9.71. The summed E-state index contributed by atoms with van der Waals surface area (Å²) in [5.74, 6) is 0.734. The molecule has 4 aromatic heterocycles. The summed E-state index contributed by atoms with van der Waals surface area (Å²) >= 11 is 0. The average molecular weight is 334 g/mol. The smallest absolute Gasteiger partial charge is 0.270 e. The molecule has 2 N–H and O–H groups in total. The Hall–Kier alpha value is -3.62. The van der Waals surface area contributed by atoms with Crippen LogP contribution in [-0.4, -0.2) is 40.4 Å². The molecular formula is C16H14N8O. The molecule has 1 amide bonds. The first-order chi connectivity index (χ1) is 12.2. The molecule has 4 aromatic rings. The van der Waals surface area contributed by atoms with Crippen LogP contribution in [0.2, 0.25) is 0 Å². The van der Waals surface area contributed by atoms with Crippen LogP contribution in [0, 0.1) is 6.92 Å². The molecule has 0 aliphatic rings. The number of carbonyl (C=O) groups excluding carboxylic acids is 1. The van der Waals surface area contributed by atoms with Gasteiger partial charge in [0.05, 0.1) is 18.4 Å². The van der Waals surface area contributed by atoms with Gasteiger partial charge in [0.25, 0.3) is 5.91 Å². The van der Waals surface area contributed by atoms with Crippen molar-refractivity contribution >= 4 is 11.6 Å². The molecule has 9 heteroatoms. The first-order valence-corrected chi connectivity index (χ1v) is 7.62. The maximum Gasteiger partial charge on any atom is 0.270 e. The number of H-pyrrole nitrogens is 1. The van der Waals surface area contributed by atoms with E-state index in [1.54, 1.807) is 23.0 Å². The normalized spacial score (nSPS) is 10.9. The summed E-state index contributed by atoms with van der Waals surface area (Å²) in [6.07, 6.45) is 6.54. The third kappa shape index (κ3) is 2.82. The Morgan fingerprint density at radius 1 is 1.28 bits per heavy atom. The van der Waals surface area contributed by atoms with Gasteiger partial charge in [-0.25, -0.2) is 15.0 Å². The summed E-state index contributed by atoms with van der Waals surface area (Å²) in [5.41, 5.74) is 2.47. The second kappa shape index (κ2) is 6.11. The summed E-state index contributed by atoms with van der Waals surface area (Å²) in [7, 11) is 0. The zero-order valence-corrected chi connectivity index (χ0v) is 13.3. The molecule has 0 aliphatic carbocycles. The van der Waals surface area contributed by atoms with Gasteiger partial charge in [0.2, 0.25) is 5.82 Å². The Bertz CT molecular complexity index is 1040. The fourth-order valence-electron chi connectivity index (χ4n) is 2.54. The zero-order valence-electron chi connectivity index (χ0n) is 13.3. The largest absolute Gasteiger partial charge is 0.343 e. The predicted molar refractivity (Wildman–Crippen MR) is 88.5 cm³/mol. The number of fused-ring (bicyclic) bond motifs is 1. The molecule has 9 nitrogen and oxygen atoms in total. The van der Waals surface area contributed by atoms with Gasteiger partial charge < -0.3 is 5.32 Å². The van der Waals surface area contributed by atoms with Crippen LogP contribution in [0.25, 0.3) is 17.2 Å². The lowest BCUT2D eigenvalue weighted by Gasteiger charge is -2.04. The van der Waals surface area contributed by atoms with Crippen molar-refractivity contribution in [3.63, 3.8) is 0 Å². The standard InChI is InChI=1S/C16H14N8O/c1-10-14(24-7-3-2-4-13(24)20-10)16(25)19-9-12-21-15(23-22-12)11-8-17-5-6-18-11/h2-8H,9H2,1H3,(H,19,25)(H,21,22,23). The van der Waals surface area contributed by atoms with Gasteiger partial charge in [0.1, 0.15) is 22.9 Å². The molecule has 0 saturated heterocycles. The van der Waals surface area contributed by atoms with Crippen LogP contribution >= 0.6 is 0 Å².